The van der Waals surface area contributed by atoms with Crippen molar-refractivity contribution in [3.63, 3.8) is 0 Å². The van der Waals surface area contributed by atoms with Gasteiger partial charge in [-0.1, -0.05) is 5.92 Å². The molecule has 15 heavy (non-hydrogen) atoms. The fraction of sp³-hybridized carbons (Fsp3) is 0.750. The third kappa shape index (κ3) is 4.10. The average Bonchev–Trinajstić information content (AvgIpc) is 2.85. The predicted molar refractivity (Wildman–Crippen MR) is 46.0 cm³/mol. The normalized spacial score (nSPS) is 17.0. The summed E-state index contributed by atoms with van der Waals surface area (Å²) in [7, 11) is -5.45. The van der Waals surface area contributed by atoms with E-state index in [2.05, 4.69) is 16.0 Å². The molecular weight excluding hydrogens is 233 g/mol. The lowest BCUT2D eigenvalue weighted by Gasteiger charge is -2.06. The summed E-state index contributed by atoms with van der Waals surface area (Å²) in [6.45, 7) is -0.554. The monoisotopic (exact) mass is 242 g/mol. The van der Waals surface area contributed by atoms with Crippen molar-refractivity contribution in [1.29, 1.82) is 0 Å². The highest BCUT2D eigenvalue weighted by Gasteiger charge is 2.47. The number of alkyl halides is 3. The van der Waals surface area contributed by atoms with Gasteiger partial charge in [-0.05, 0) is 12.8 Å². The Morgan fingerprint density at radius 1 is 1.33 bits per heavy atom. The molecule has 0 spiro atoms. The van der Waals surface area contributed by atoms with E-state index in [0.717, 1.165) is 12.8 Å². The van der Waals surface area contributed by atoms with Crippen LogP contribution >= 0.6 is 0 Å². The molecule has 86 valence electrons. The molecule has 1 saturated carbocycles. The van der Waals surface area contributed by atoms with Crippen molar-refractivity contribution in [3.8, 4) is 11.8 Å². The van der Waals surface area contributed by atoms with Crippen molar-refractivity contribution in [1.82, 2.24) is 0 Å². The Bertz CT molecular complexity index is 370. The molecule has 0 bridgehead atoms. The van der Waals surface area contributed by atoms with Crippen LogP contribution in [0.15, 0.2) is 0 Å². The quantitative estimate of drug-likeness (QED) is 0.327. The molecule has 0 heterocycles. The van der Waals surface area contributed by atoms with E-state index in [1.165, 1.54) is 0 Å². The highest BCUT2D eigenvalue weighted by atomic mass is 32.2. The second-order valence-electron chi connectivity index (χ2n) is 3.07. The highest BCUT2D eigenvalue weighted by Crippen LogP contribution is 2.27. The zero-order valence-electron chi connectivity index (χ0n) is 7.67. The fourth-order valence-corrected chi connectivity index (χ4v) is 1.15. The summed E-state index contributed by atoms with van der Waals surface area (Å²) in [5.74, 6) is 5.68. The zero-order chi connectivity index (χ0) is 11.5. The zero-order valence-corrected chi connectivity index (χ0v) is 8.49. The molecule has 7 heteroatoms. The summed E-state index contributed by atoms with van der Waals surface area (Å²) in [6.07, 6.45) is 2.01. The van der Waals surface area contributed by atoms with Gasteiger partial charge in [0.2, 0.25) is 0 Å². The minimum Gasteiger partial charge on any atom is -0.262 e. The topological polar surface area (TPSA) is 43.4 Å². The standard InChI is InChI=1S/C8H9F3O3S/c9-8(10,11)15(12,13)14-6-2-1-3-7-4-5-7/h7H,2,4-6H2. The maximum atomic E-state index is 11.7. The largest absolute Gasteiger partial charge is 0.523 e. The van der Waals surface area contributed by atoms with Crippen LogP contribution in [0.5, 0.6) is 0 Å². The predicted octanol–water partition coefficient (Wildman–Crippen LogP) is 1.66. The molecule has 0 N–H and O–H groups in total. The van der Waals surface area contributed by atoms with Gasteiger partial charge in [-0.3, -0.25) is 4.18 Å². The summed E-state index contributed by atoms with van der Waals surface area (Å²) in [5.41, 5.74) is -5.35. The van der Waals surface area contributed by atoms with Crippen molar-refractivity contribution in [2.45, 2.75) is 24.8 Å². The van der Waals surface area contributed by atoms with Crippen molar-refractivity contribution >= 4 is 10.1 Å². The average molecular weight is 242 g/mol. The van der Waals surface area contributed by atoms with E-state index in [4.69, 9.17) is 0 Å². The van der Waals surface area contributed by atoms with E-state index in [0.29, 0.717) is 5.92 Å². The summed E-state index contributed by atoms with van der Waals surface area (Å²) < 4.78 is 59.7. The first-order valence-corrected chi connectivity index (χ1v) is 5.68. The second kappa shape index (κ2) is 4.41. The molecule has 0 radical (unpaired) electrons. The van der Waals surface area contributed by atoms with Crippen LogP contribution in [0.1, 0.15) is 19.3 Å². The molecule has 0 atom stereocenters. The Hall–Kier alpha value is -0.740. The van der Waals surface area contributed by atoms with Crippen molar-refractivity contribution in [2.75, 3.05) is 6.61 Å². The molecule has 1 fully saturated rings. The van der Waals surface area contributed by atoms with E-state index in [1.54, 1.807) is 0 Å². The minimum atomic E-state index is -5.45. The lowest BCUT2D eigenvalue weighted by molar-refractivity contribution is -0.0540. The van der Waals surface area contributed by atoms with Crippen LogP contribution in [0.2, 0.25) is 0 Å². The van der Waals surface area contributed by atoms with Gasteiger partial charge in [0.05, 0.1) is 6.61 Å². The van der Waals surface area contributed by atoms with Gasteiger partial charge in [0.15, 0.2) is 0 Å². The number of hydrogen-bond donors (Lipinski definition) is 0. The van der Waals surface area contributed by atoms with Crippen LogP contribution in [0.25, 0.3) is 0 Å². The summed E-state index contributed by atoms with van der Waals surface area (Å²) in [4.78, 5) is 0. The van der Waals surface area contributed by atoms with Crippen LogP contribution in [0.3, 0.4) is 0 Å². The Balaban J connectivity index is 2.28. The van der Waals surface area contributed by atoms with Gasteiger partial charge in [-0.25, -0.2) is 0 Å². The van der Waals surface area contributed by atoms with E-state index < -0.39 is 22.2 Å². The minimum absolute atomic E-state index is 0.00812. The lowest BCUT2D eigenvalue weighted by atomic mass is 10.4. The first kappa shape index (κ1) is 12.3. The summed E-state index contributed by atoms with van der Waals surface area (Å²) >= 11 is 0. The van der Waals surface area contributed by atoms with Crippen LogP contribution < -0.4 is 0 Å². The summed E-state index contributed by atoms with van der Waals surface area (Å²) in [6, 6.07) is 0. The lowest BCUT2D eigenvalue weighted by Crippen LogP contribution is -2.25. The number of hydrogen-bond acceptors (Lipinski definition) is 3. The van der Waals surface area contributed by atoms with Crippen molar-refractivity contribution in [3.05, 3.63) is 0 Å². The maximum Gasteiger partial charge on any atom is 0.523 e. The molecule has 1 rings (SSSR count). The molecule has 0 aromatic heterocycles. The molecular formula is C8H9F3O3S. The molecule has 1 aliphatic carbocycles. The first-order chi connectivity index (χ1) is 6.83. The van der Waals surface area contributed by atoms with Gasteiger partial charge in [-0.15, -0.1) is 5.92 Å². The molecule has 0 aromatic rings. The molecule has 0 unspecified atom stereocenters. The molecule has 3 nitrogen and oxygen atoms in total. The maximum absolute atomic E-state index is 11.7. The van der Waals surface area contributed by atoms with Crippen LogP contribution in [0, 0.1) is 17.8 Å². The first-order valence-electron chi connectivity index (χ1n) is 4.27. The Morgan fingerprint density at radius 2 is 1.93 bits per heavy atom. The SMILES string of the molecule is O=S(=O)(OCCC#CC1CC1)C(F)(F)F. The molecule has 0 aromatic carbocycles. The Morgan fingerprint density at radius 3 is 2.40 bits per heavy atom. The highest BCUT2D eigenvalue weighted by molar-refractivity contribution is 7.87. The van der Waals surface area contributed by atoms with E-state index in [9.17, 15) is 21.6 Å². The molecule has 0 saturated heterocycles. The van der Waals surface area contributed by atoms with Crippen LogP contribution in [-0.2, 0) is 14.3 Å². The second-order valence-corrected chi connectivity index (χ2v) is 4.67. The smallest absolute Gasteiger partial charge is 0.262 e. The van der Waals surface area contributed by atoms with Gasteiger partial charge in [0.1, 0.15) is 0 Å². The van der Waals surface area contributed by atoms with Gasteiger partial charge >= 0.3 is 15.6 Å². The Labute approximate surface area is 85.7 Å². The van der Waals surface area contributed by atoms with Gasteiger partial charge in [0, 0.05) is 12.3 Å². The van der Waals surface area contributed by atoms with E-state index >= 15 is 0 Å². The third-order valence-electron chi connectivity index (χ3n) is 1.63. The number of halogens is 3. The van der Waals surface area contributed by atoms with Gasteiger partial charge in [0.25, 0.3) is 0 Å². The summed E-state index contributed by atoms with van der Waals surface area (Å²) in [5, 5.41) is 0. The van der Waals surface area contributed by atoms with Crippen LogP contribution in [-0.4, -0.2) is 20.5 Å². The number of rotatable bonds is 3. The van der Waals surface area contributed by atoms with Gasteiger partial charge in [-0.2, -0.15) is 21.6 Å². The van der Waals surface area contributed by atoms with E-state index in [-0.39, 0.29) is 6.42 Å². The van der Waals surface area contributed by atoms with E-state index in [1.807, 2.05) is 0 Å². The van der Waals surface area contributed by atoms with Crippen molar-refractivity contribution < 1.29 is 25.8 Å². The van der Waals surface area contributed by atoms with Crippen LogP contribution in [0.4, 0.5) is 13.2 Å². The molecule has 0 amide bonds. The fourth-order valence-electron chi connectivity index (χ4n) is 0.713. The Kier molecular flexibility index (Phi) is 3.62. The molecule has 1 aliphatic rings. The third-order valence-corrected chi connectivity index (χ3v) is 2.68. The molecule has 0 aliphatic heterocycles. The van der Waals surface area contributed by atoms with Gasteiger partial charge < -0.3 is 0 Å². The van der Waals surface area contributed by atoms with Crippen molar-refractivity contribution in [2.24, 2.45) is 5.92 Å².